The van der Waals surface area contributed by atoms with Gasteiger partial charge in [0.2, 0.25) is 0 Å². The highest BCUT2D eigenvalue weighted by atomic mass is 32.1. The number of hydrogen-bond acceptors (Lipinski definition) is 6. The zero-order chi connectivity index (χ0) is 15.2. The number of thiazole rings is 1. The van der Waals surface area contributed by atoms with Gasteiger partial charge < -0.3 is 9.47 Å². The predicted molar refractivity (Wildman–Crippen MR) is 80.6 cm³/mol. The number of ether oxygens (including phenoxy) is 2. The Labute approximate surface area is 128 Å². The summed E-state index contributed by atoms with van der Waals surface area (Å²) in [6.07, 6.45) is 2.39. The van der Waals surface area contributed by atoms with Gasteiger partial charge in [-0.15, -0.1) is 11.3 Å². The van der Waals surface area contributed by atoms with Gasteiger partial charge >= 0.3 is 5.97 Å². The molecule has 0 bridgehead atoms. The average molecular weight is 306 g/mol. The number of aryl methyl sites for hydroxylation is 1. The number of pyridine rings is 1. The lowest BCUT2D eigenvalue weighted by molar-refractivity contribution is 0.0454. The summed E-state index contributed by atoms with van der Waals surface area (Å²) in [5.74, 6) is -0.0673. The summed E-state index contributed by atoms with van der Waals surface area (Å²) in [6.45, 7) is 5.97. The molecule has 2 rings (SSSR count). The van der Waals surface area contributed by atoms with Gasteiger partial charge in [0.1, 0.15) is 6.61 Å². The molecule has 0 amide bonds. The van der Waals surface area contributed by atoms with E-state index in [1.165, 1.54) is 0 Å². The molecule has 2 heterocycles. The molecule has 2 aromatic rings. The molecule has 0 saturated carbocycles. The minimum Gasteiger partial charge on any atom is -0.488 e. The van der Waals surface area contributed by atoms with Gasteiger partial charge in [0.15, 0.2) is 11.4 Å². The van der Waals surface area contributed by atoms with Crippen LogP contribution in [0, 0.1) is 0 Å². The van der Waals surface area contributed by atoms with E-state index in [-0.39, 0.29) is 18.4 Å². The minimum absolute atomic E-state index is 0.0357. The lowest BCUT2D eigenvalue weighted by atomic mass is 10.3. The molecule has 0 spiro atoms. The van der Waals surface area contributed by atoms with Crippen molar-refractivity contribution in [1.29, 1.82) is 0 Å². The predicted octanol–water partition coefficient (Wildman–Crippen LogP) is 3.24. The van der Waals surface area contributed by atoms with E-state index in [4.69, 9.17) is 9.47 Å². The van der Waals surface area contributed by atoms with Crippen LogP contribution in [0.4, 0.5) is 0 Å². The van der Waals surface area contributed by atoms with Gasteiger partial charge in [0.25, 0.3) is 0 Å². The molecule has 0 saturated heterocycles. The number of rotatable bonds is 6. The third kappa shape index (κ3) is 4.26. The molecule has 0 radical (unpaired) electrons. The number of aromatic nitrogens is 2. The molecule has 0 aliphatic carbocycles. The summed E-state index contributed by atoms with van der Waals surface area (Å²) in [4.78, 5) is 20.5. The maximum atomic E-state index is 12.1. The highest BCUT2D eigenvalue weighted by Crippen LogP contribution is 2.19. The van der Waals surface area contributed by atoms with E-state index in [0.29, 0.717) is 5.75 Å². The van der Waals surface area contributed by atoms with Crippen LogP contribution >= 0.6 is 11.3 Å². The highest BCUT2D eigenvalue weighted by molar-refractivity contribution is 7.09. The second kappa shape index (κ2) is 7.17. The molecule has 0 fully saturated rings. The van der Waals surface area contributed by atoms with Crippen molar-refractivity contribution in [2.75, 3.05) is 0 Å². The lowest BCUT2D eigenvalue weighted by Gasteiger charge is -2.12. The fourth-order valence-corrected chi connectivity index (χ4v) is 2.41. The second-order valence-electron chi connectivity index (χ2n) is 4.68. The Bertz CT molecular complexity index is 610. The molecule has 0 unspecified atom stereocenters. The van der Waals surface area contributed by atoms with Gasteiger partial charge in [0.05, 0.1) is 16.8 Å². The van der Waals surface area contributed by atoms with E-state index >= 15 is 0 Å². The molecule has 0 N–H and O–H groups in total. The SMILES string of the molecule is CCc1nc(COC(=O)c2ncccc2OC(C)C)cs1. The van der Waals surface area contributed by atoms with Gasteiger partial charge in [-0.05, 0) is 32.4 Å². The van der Waals surface area contributed by atoms with Gasteiger partial charge in [-0.2, -0.15) is 0 Å². The van der Waals surface area contributed by atoms with Crippen molar-refractivity contribution in [2.45, 2.75) is 39.9 Å². The molecular formula is C15H18N2O3S. The van der Waals surface area contributed by atoms with Crippen molar-refractivity contribution in [3.8, 4) is 5.75 Å². The van der Waals surface area contributed by atoms with Crippen LogP contribution < -0.4 is 4.74 Å². The number of hydrogen-bond donors (Lipinski definition) is 0. The number of carbonyl (C=O) groups is 1. The molecule has 0 aliphatic rings. The Hall–Kier alpha value is -1.95. The minimum atomic E-state index is -0.503. The molecule has 6 heteroatoms. The Morgan fingerprint density at radius 1 is 1.43 bits per heavy atom. The zero-order valence-corrected chi connectivity index (χ0v) is 13.1. The van der Waals surface area contributed by atoms with Gasteiger partial charge in [-0.25, -0.2) is 14.8 Å². The van der Waals surface area contributed by atoms with E-state index in [0.717, 1.165) is 17.1 Å². The summed E-state index contributed by atoms with van der Waals surface area (Å²) in [5.41, 5.74) is 0.949. The Morgan fingerprint density at radius 3 is 2.90 bits per heavy atom. The first-order valence-corrected chi connectivity index (χ1v) is 7.70. The molecule has 0 aliphatic heterocycles. The van der Waals surface area contributed by atoms with Crippen LogP contribution in [-0.2, 0) is 17.8 Å². The van der Waals surface area contributed by atoms with Crippen molar-refractivity contribution in [1.82, 2.24) is 9.97 Å². The van der Waals surface area contributed by atoms with E-state index < -0.39 is 5.97 Å². The van der Waals surface area contributed by atoms with Crippen LogP contribution in [0.25, 0.3) is 0 Å². The summed E-state index contributed by atoms with van der Waals surface area (Å²) >= 11 is 1.57. The van der Waals surface area contributed by atoms with E-state index in [1.54, 1.807) is 29.7 Å². The highest BCUT2D eigenvalue weighted by Gasteiger charge is 2.17. The van der Waals surface area contributed by atoms with Crippen LogP contribution in [0.2, 0.25) is 0 Å². The topological polar surface area (TPSA) is 61.3 Å². The summed E-state index contributed by atoms with van der Waals surface area (Å²) in [5, 5.41) is 2.93. The van der Waals surface area contributed by atoms with E-state index in [2.05, 4.69) is 9.97 Å². The Morgan fingerprint density at radius 2 is 2.24 bits per heavy atom. The van der Waals surface area contributed by atoms with E-state index in [1.807, 2.05) is 26.2 Å². The normalized spacial score (nSPS) is 10.7. The van der Waals surface area contributed by atoms with Crippen LogP contribution in [0.5, 0.6) is 5.75 Å². The molecular weight excluding hydrogens is 288 g/mol. The van der Waals surface area contributed by atoms with Gasteiger partial charge in [0, 0.05) is 11.6 Å². The fraction of sp³-hybridized carbons (Fsp3) is 0.400. The first kappa shape index (κ1) is 15.4. The van der Waals surface area contributed by atoms with Crippen LogP contribution in [0.15, 0.2) is 23.7 Å². The molecule has 0 aromatic carbocycles. The average Bonchev–Trinajstić information content (AvgIpc) is 2.93. The Kier molecular flexibility index (Phi) is 5.27. The number of esters is 1. The zero-order valence-electron chi connectivity index (χ0n) is 12.3. The summed E-state index contributed by atoms with van der Waals surface area (Å²) in [7, 11) is 0. The third-order valence-electron chi connectivity index (χ3n) is 2.58. The molecule has 2 aromatic heterocycles. The van der Waals surface area contributed by atoms with E-state index in [9.17, 15) is 4.79 Å². The number of carbonyl (C=O) groups excluding carboxylic acids is 1. The first-order valence-electron chi connectivity index (χ1n) is 6.82. The summed E-state index contributed by atoms with van der Waals surface area (Å²) in [6, 6.07) is 3.43. The van der Waals surface area contributed by atoms with Crippen molar-refractivity contribution in [3.05, 3.63) is 40.1 Å². The molecule has 21 heavy (non-hydrogen) atoms. The van der Waals surface area contributed by atoms with Crippen molar-refractivity contribution < 1.29 is 14.3 Å². The quantitative estimate of drug-likeness (QED) is 0.767. The van der Waals surface area contributed by atoms with Crippen molar-refractivity contribution >= 4 is 17.3 Å². The molecule has 5 nitrogen and oxygen atoms in total. The third-order valence-corrected chi connectivity index (χ3v) is 3.62. The Balaban J connectivity index is 2.03. The van der Waals surface area contributed by atoms with Crippen LogP contribution in [0.1, 0.15) is 42.0 Å². The smallest absolute Gasteiger partial charge is 0.361 e. The van der Waals surface area contributed by atoms with Crippen LogP contribution in [0.3, 0.4) is 0 Å². The van der Waals surface area contributed by atoms with Crippen molar-refractivity contribution in [3.63, 3.8) is 0 Å². The number of nitrogens with zero attached hydrogens (tertiary/aromatic N) is 2. The maximum absolute atomic E-state index is 12.1. The molecule has 0 atom stereocenters. The van der Waals surface area contributed by atoms with Crippen molar-refractivity contribution in [2.24, 2.45) is 0 Å². The lowest BCUT2D eigenvalue weighted by Crippen LogP contribution is -2.13. The molecule has 112 valence electrons. The van der Waals surface area contributed by atoms with Crippen LogP contribution in [-0.4, -0.2) is 22.0 Å². The second-order valence-corrected chi connectivity index (χ2v) is 5.62. The first-order chi connectivity index (χ1) is 10.1. The largest absolute Gasteiger partial charge is 0.488 e. The standard InChI is InChI=1S/C15H18N2O3S/c1-4-13-17-11(9-21-13)8-19-15(18)14-12(20-10(2)3)6-5-7-16-14/h5-7,9-10H,4,8H2,1-3H3. The maximum Gasteiger partial charge on any atom is 0.361 e. The summed E-state index contributed by atoms with van der Waals surface area (Å²) < 4.78 is 10.8. The van der Waals surface area contributed by atoms with Gasteiger partial charge in [-0.1, -0.05) is 6.92 Å². The fourth-order valence-electron chi connectivity index (χ4n) is 1.68. The van der Waals surface area contributed by atoms with Gasteiger partial charge in [-0.3, -0.25) is 0 Å². The monoisotopic (exact) mass is 306 g/mol.